The molecular formula is C80H133N3O7. The van der Waals surface area contributed by atoms with Gasteiger partial charge in [-0.1, -0.05) is 122 Å². The highest BCUT2D eigenvalue weighted by Gasteiger charge is 2.15. The van der Waals surface area contributed by atoms with Crippen LogP contribution in [0.5, 0.6) is 0 Å². The lowest BCUT2D eigenvalue weighted by molar-refractivity contribution is -0.144. The van der Waals surface area contributed by atoms with Crippen LogP contribution in [-0.4, -0.2) is 118 Å². The van der Waals surface area contributed by atoms with Crippen molar-refractivity contribution in [2.24, 2.45) is 0 Å². The fourth-order valence-corrected chi connectivity index (χ4v) is 9.95. The number of esters is 3. The van der Waals surface area contributed by atoms with E-state index < -0.39 is 0 Å². The van der Waals surface area contributed by atoms with Crippen LogP contribution in [0.2, 0.25) is 0 Å². The molecule has 0 heterocycles. The van der Waals surface area contributed by atoms with Gasteiger partial charge in [-0.3, -0.25) is 19.2 Å². The lowest BCUT2D eigenvalue weighted by atomic mass is 10.0. The Kier molecular flexibility index (Phi) is 52.3. The minimum Gasteiger partial charge on any atom is -0.461 e. The van der Waals surface area contributed by atoms with Gasteiger partial charge in [0, 0.05) is 39.0 Å². The number of ether oxygens (including phenoxy) is 3. The molecule has 0 amide bonds. The molecule has 10 heteroatoms. The maximum Gasteiger partial charge on any atom is 0.307 e. The third-order valence-electron chi connectivity index (χ3n) is 16.1. The van der Waals surface area contributed by atoms with Gasteiger partial charge in [-0.05, 0) is 284 Å². The van der Waals surface area contributed by atoms with Crippen molar-refractivity contribution in [1.29, 1.82) is 0 Å². The molecule has 0 saturated carbocycles. The third kappa shape index (κ3) is 56.8. The van der Waals surface area contributed by atoms with E-state index in [9.17, 15) is 19.2 Å². The van der Waals surface area contributed by atoms with Gasteiger partial charge < -0.3 is 28.9 Å². The van der Waals surface area contributed by atoms with Crippen molar-refractivity contribution in [2.45, 2.75) is 265 Å². The van der Waals surface area contributed by atoms with Crippen LogP contribution in [0.4, 0.5) is 0 Å². The number of carbonyl (C=O) groups is 4. The van der Waals surface area contributed by atoms with Crippen LogP contribution in [0, 0.1) is 0 Å². The Morgan fingerprint density at radius 3 is 0.733 bits per heavy atom. The normalized spacial score (nSPS) is 13.1. The molecule has 90 heavy (non-hydrogen) atoms. The smallest absolute Gasteiger partial charge is 0.307 e. The highest BCUT2D eigenvalue weighted by atomic mass is 16.5. The van der Waals surface area contributed by atoms with E-state index >= 15 is 0 Å². The second kappa shape index (κ2) is 55.5. The largest absolute Gasteiger partial charge is 0.461 e. The minimum absolute atomic E-state index is 0.225. The van der Waals surface area contributed by atoms with E-state index in [0.717, 1.165) is 142 Å². The zero-order valence-corrected chi connectivity index (χ0v) is 60.9. The molecule has 0 aliphatic rings. The molecule has 0 fully saturated rings. The average Bonchev–Trinajstić information content (AvgIpc) is 3.54. The summed E-state index contributed by atoms with van der Waals surface area (Å²) in [6.07, 6.45) is 47.2. The number of carbonyl (C=O) groups excluding carboxylic acids is 4. The minimum atomic E-state index is -0.248. The first-order valence-electron chi connectivity index (χ1n) is 34.7. The highest BCUT2D eigenvalue weighted by molar-refractivity contribution is 5.78. The summed E-state index contributed by atoms with van der Waals surface area (Å²) in [5.41, 5.74) is 16.0. The predicted molar refractivity (Wildman–Crippen MR) is 387 cm³/mol. The quantitative estimate of drug-likeness (QED) is 0.0332. The Hall–Kier alpha value is -5.16. The van der Waals surface area contributed by atoms with E-state index in [4.69, 9.17) is 14.2 Å². The topological polar surface area (TPSA) is 106 Å². The molecule has 0 bridgehead atoms. The Bertz CT molecular complexity index is 2090. The SMILES string of the molecule is CC(C)=CCC/C(C)=C/CC/C(C)=C/CCC(=O)CCN(CCCN(C)CCCN(CCC(=O)OC/C=C(\C)CC/C=C(\C)CCC=C(C)C)CCC(=O)OC/C=C(\C)CC/C=C(\C)CCC=C(C)C)CCC(=O)OC/C=C(\C)CC/C=C(\C)CCC=C(C)C. The molecule has 0 aromatic carbocycles. The molecule has 0 aliphatic carbocycles. The zero-order valence-electron chi connectivity index (χ0n) is 60.9. The van der Waals surface area contributed by atoms with Gasteiger partial charge >= 0.3 is 17.9 Å². The summed E-state index contributed by atoms with van der Waals surface area (Å²) in [5.74, 6) is -0.478. The molecule has 0 aromatic rings. The van der Waals surface area contributed by atoms with Crippen LogP contribution in [0.15, 0.2) is 140 Å². The van der Waals surface area contributed by atoms with Crippen molar-refractivity contribution < 1.29 is 33.4 Å². The lowest BCUT2D eigenvalue weighted by Crippen LogP contribution is -2.34. The number of allylic oxidation sites excluding steroid dienone is 21. The van der Waals surface area contributed by atoms with E-state index in [1.54, 1.807) is 0 Å². The van der Waals surface area contributed by atoms with Gasteiger partial charge in [-0.2, -0.15) is 0 Å². The fourth-order valence-electron chi connectivity index (χ4n) is 9.95. The van der Waals surface area contributed by atoms with Crippen LogP contribution in [0.25, 0.3) is 0 Å². The lowest BCUT2D eigenvalue weighted by Gasteiger charge is -2.25. The molecule has 0 spiro atoms. The number of ketones is 1. The second-order valence-electron chi connectivity index (χ2n) is 26.7. The van der Waals surface area contributed by atoms with Gasteiger partial charge in [0.05, 0.1) is 19.3 Å². The molecule has 0 rings (SSSR count). The fraction of sp³-hybridized carbons (Fsp3) is 0.650. The van der Waals surface area contributed by atoms with Crippen LogP contribution >= 0.6 is 0 Å². The Balaban J connectivity index is 5.75. The van der Waals surface area contributed by atoms with E-state index in [1.807, 2.05) is 18.2 Å². The zero-order chi connectivity index (χ0) is 67.3. The summed E-state index contributed by atoms with van der Waals surface area (Å²) >= 11 is 0. The number of nitrogens with zero attached hydrogens (tertiary/aromatic N) is 3. The monoisotopic (exact) mass is 1250 g/mol. The summed E-state index contributed by atoms with van der Waals surface area (Å²) in [4.78, 5) is 59.3. The molecule has 0 saturated heterocycles. The van der Waals surface area contributed by atoms with Gasteiger partial charge in [0.25, 0.3) is 0 Å². The first kappa shape index (κ1) is 84.8. The molecule has 0 aliphatic heterocycles. The Labute approximate surface area is 553 Å². The van der Waals surface area contributed by atoms with Crippen LogP contribution < -0.4 is 0 Å². The summed E-state index contributed by atoms with van der Waals surface area (Å²) in [6.45, 7) is 40.4. The second-order valence-corrected chi connectivity index (χ2v) is 26.7. The Morgan fingerprint density at radius 1 is 0.256 bits per heavy atom. The van der Waals surface area contributed by atoms with Gasteiger partial charge in [0.1, 0.15) is 25.6 Å². The molecular weight excluding hydrogens is 1110 g/mol. The van der Waals surface area contributed by atoms with Crippen molar-refractivity contribution in [3.63, 3.8) is 0 Å². The first-order chi connectivity index (χ1) is 42.8. The number of hydrogen-bond acceptors (Lipinski definition) is 10. The van der Waals surface area contributed by atoms with Gasteiger partial charge in [0.15, 0.2) is 0 Å². The molecule has 0 atom stereocenters. The van der Waals surface area contributed by atoms with Gasteiger partial charge in [-0.15, -0.1) is 0 Å². The highest BCUT2D eigenvalue weighted by Crippen LogP contribution is 2.17. The van der Waals surface area contributed by atoms with Crippen LogP contribution in [-0.2, 0) is 33.4 Å². The van der Waals surface area contributed by atoms with Crippen molar-refractivity contribution in [1.82, 2.24) is 14.7 Å². The molecule has 0 unspecified atom stereocenters. The standard InChI is InChI=1S/C80H133N3O7/c1-65(2)29-18-33-69(9)37-22-38-73(13)45-26-46-77(84)47-58-82(59-48-78(85)88-62-51-74(14)42-23-39-70(10)34-19-30-66(3)4)56-27-54-81(17)55-28-57-83(60-49-79(86)89-63-52-75(15)43-24-40-71(11)35-20-31-67(5)6)61-50-80(87)90-64-53-76(16)44-25-41-72(12)36-21-32-68(7)8/h29-32,37,39-41,45,51-53H,18-28,33-36,38,42-44,46-50,54-64H2,1-17H3/b69-37+,70-39+,71-40+,72-41+,73-45+,74-51+,75-52+,76-53+. The number of hydrogen-bond donors (Lipinski definition) is 0. The van der Waals surface area contributed by atoms with Gasteiger partial charge in [0.2, 0.25) is 0 Å². The summed E-state index contributed by atoms with van der Waals surface area (Å²) in [5, 5.41) is 0. The maximum absolute atomic E-state index is 13.3. The molecule has 0 N–H and O–H groups in total. The van der Waals surface area contributed by atoms with Crippen LogP contribution in [0.3, 0.4) is 0 Å². The molecule has 10 nitrogen and oxygen atoms in total. The van der Waals surface area contributed by atoms with Crippen molar-refractivity contribution in [2.75, 3.05) is 79.2 Å². The van der Waals surface area contributed by atoms with Crippen molar-refractivity contribution in [3.8, 4) is 0 Å². The first-order valence-corrected chi connectivity index (χ1v) is 34.7. The average molecular weight is 1250 g/mol. The maximum atomic E-state index is 13.3. The number of rotatable bonds is 53. The van der Waals surface area contributed by atoms with E-state index in [1.165, 1.54) is 66.9 Å². The number of Topliss-reactive ketones (excluding diaryl/α,β-unsaturated/α-hetero) is 1. The van der Waals surface area contributed by atoms with E-state index in [0.29, 0.717) is 45.6 Å². The van der Waals surface area contributed by atoms with Gasteiger partial charge in [-0.25, -0.2) is 0 Å². The third-order valence-corrected chi connectivity index (χ3v) is 16.1. The summed E-state index contributed by atoms with van der Waals surface area (Å²) in [7, 11) is 2.12. The Morgan fingerprint density at radius 2 is 0.478 bits per heavy atom. The van der Waals surface area contributed by atoms with E-state index in [-0.39, 0.29) is 62.8 Å². The van der Waals surface area contributed by atoms with Crippen molar-refractivity contribution in [3.05, 3.63) is 140 Å². The molecule has 510 valence electrons. The molecule has 0 aromatic heterocycles. The van der Waals surface area contributed by atoms with Crippen molar-refractivity contribution >= 4 is 23.7 Å². The summed E-state index contributed by atoms with van der Waals surface area (Å²) < 4.78 is 17.1. The predicted octanol–water partition coefficient (Wildman–Crippen LogP) is 20.5. The molecule has 0 radical (unpaired) electrons. The van der Waals surface area contributed by atoms with Crippen LogP contribution in [0.1, 0.15) is 265 Å². The van der Waals surface area contributed by atoms with E-state index in [2.05, 4.69) is 187 Å². The summed E-state index contributed by atoms with van der Waals surface area (Å²) in [6, 6.07) is 0.